The molecule has 570 valence electrons. The summed E-state index contributed by atoms with van der Waals surface area (Å²) in [5.74, 6) is 0.956. The molecule has 96 heavy (non-hydrogen) atoms. The number of ether oxygens (including phenoxy) is 4. The minimum absolute atomic E-state index is 0.103. The summed E-state index contributed by atoms with van der Waals surface area (Å²) in [6, 6.07) is 0. The van der Waals surface area contributed by atoms with Crippen LogP contribution in [0.25, 0.3) is 0 Å². The van der Waals surface area contributed by atoms with E-state index < -0.39 is 97.5 Å². The summed E-state index contributed by atoms with van der Waals surface area (Å²) in [6.45, 7) is 14.2. The monoisotopic (exact) mass is 1410 g/mol. The second-order valence-corrected chi connectivity index (χ2v) is 32.1. The topological polar surface area (TPSA) is 237 Å². The normalized spacial score (nSPS) is 14.7. The van der Waals surface area contributed by atoms with Crippen molar-refractivity contribution in [2.24, 2.45) is 23.7 Å². The third-order valence-corrected chi connectivity index (χ3v) is 20.4. The van der Waals surface area contributed by atoms with Gasteiger partial charge in [0.05, 0.1) is 26.4 Å². The van der Waals surface area contributed by atoms with E-state index in [1.54, 1.807) is 0 Å². The molecule has 0 saturated carbocycles. The van der Waals surface area contributed by atoms with Gasteiger partial charge < -0.3 is 33.8 Å². The predicted molar refractivity (Wildman–Crippen MR) is 391 cm³/mol. The van der Waals surface area contributed by atoms with Crippen LogP contribution >= 0.6 is 15.6 Å². The van der Waals surface area contributed by atoms with Crippen LogP contribution < -0.4 is 0 Å². The van der Waals surface area contributed by atoms with Crippen LogP contribution in [0.15, 0.2) is 0 Å². The van der Waals surface area contributed by atoms with Gasteiger partial charge in [-0.3, -0.25) is 37.3 Å². The van der Waals surface area contributed by atoms with Crippen molar-refractivity contribution in [2.75, 3.05) is 39.6 Å². The Morgan fingerprint density at radius 1 is 0.292 bits per heavy atom. The molecule has 4 unspecified atom stereocenters. The average Bonchev–Trinajstić information content (AvgIpc) is 1.51. The molecule has 0 bridgehead atoms. The number of carbonyl (C=O) groups is 4. The third-order valence-electron chi connectivity index (χ3n) is 18.5. The van der Waals surface area contributed by atoms with Gasteiger partial charge >= 0.3 is 39.5 Å². The van der Waals surface area contributed by atoms with E-state index in [2.05, 4.69) is 55.4 Å². The van der Waals surface area contributed by atoms with E-state index in [-0.39, 0.29) is 25.7 Å². The molecular weight excluding hydrogens is 1260 g/mol. The summed E-state index contributed by atoms with van der Waals surface area (Å²) >= 11 is 0. The number of rotatable bonds is 74. The van der Waals surface area contributed by atoms with Gasteiger partial charge in [-0.15, -0.1) is 0 Å². The first kappa shape index (κ1) is 94.1. The Morgan fingerprint density at radius 2 is 0.500 bits per heavy atom. The van der Waals surface area contributed by atoms with Crippen LogP contribution in [0.3, 0.4) is 0 Å². The van der Waals surface area contributed by atoms with E-state index in [0.29, 0.717) is 25.7 Å². The highest BCUT2D eigenvalue weighted by Gasteiger charge is 2.30. The molecule has 0 aromatic heterocycles. The smallest absolute Gasteiger partial charge is 0.462 e. The minimum atomic E-state index is -4.96. The molecule has 0 aromatic carbocycles. The van der Waals surface area contributed by atoms with E-state index in [1.807, 2.05) is 0 Å². The quantitative estimate of drug-likeness (QED) is 0.0222. The molecule has 0 aliphatic carbocycles. The zero-order chi connectivity index (χ0) is 71.0. The Morgan fingerprint density at radius 3 is 0.740 bits per heavy atom. The number of hydrogen-bond donors (Lipinski definition) is 3. The van der Waals surface area contributed by atoms with E-state index in [1.165, 1.54) is 186 Å². The Hall–Kier alpha value is -1.94. The Labute approximate surface area is 588 Å². The van der Waals surface area contributed by atoms with Crippen molar-refractivity contribution in [3.63, 3.8) is 0 Å². The number of phosphoric acid groups is 2. The maximum Gasteiger partial charge on any atom is 0.472 e. The van der Waals surface area contributed by atoms with Crippen molar-refractivity contribution in [1.82, 2.24) is 0 Å². The van der Waals surface area contributed by atoms with Crippen LogP contribution in [0, 0.1) is 23.7 Å². The van der Waals surface area contributed by atoms with Crippen LogP contribution in [0.2, 0.25) is 0 Å². The molecule has 0 aliphatic rings. The minimum Gasteiger partial charge on any atom is -0.462 e. The fourth-order valence-corrected chi connectivity index (χ4v) is 13.2. The van der Waals surface area contributed by atoms with Gasteiger partial charge in [0, 0.05) is 25.7 Å². The zero-order valence-corrected chi connectivity index (χ0v) is 64.8. The summed E-state index contributed by atoms with van der Waals surface area (Å²) in [5.41, 5.74) is 0. The van der Waals surface area contributed by atoms with Crippen molar-refractivity contribution in [3.05, 3.63) is 0 Å². The fourth-order valence-electron chi connectivity index (χ4n) is 11.7. The zero-order valence-electron chi connectivity index (χ0n) is 63.0. The first-order valence-electron chi connectivity index (χ1n) is 39.8. The molecule has 0 heterocycles. The first-order chi connectivity index (χ1) is 46.2. The van der Waals surface area contributed by atoms with Gasteiger partial charge in [0.2, 0.25) is 0 Å². The lowest BCUT2D eigenvalue weighted by Crippen LogP contribution is -2.30. The Kier molecular flexibility index (Phi) is 65.0. The number of carbonyl (C=O) groups excluding carboxylic acids is 4. The molecule has 19 heteroatoms. The van der Waals surface area contributed by atoms with Crippen molar-refractivity contribution in [3.8, 4) is 0 Å². The van der Waals surface area contributed by atoms with Crippen LogP contribution in [0.5, 0.6) is 0 Å². The number of unbranched alkanes of at least 4 members (excludes halogenated alkanes) is 38. The summed E-state index contributed by atoms with van der Waals surface area (Å²) in [6.07, 6.45) is 51.5. The highest BCUT2D eigenvalue weighted by atomic mass is 31.2. The SMILES string of the molecule is CCC(C)CCCCCCCCCCCCC(=O)OC[C@H](COP(=O)(O)OC[C@@H](O)COP(=O)(O)OC[C@@H](COC(=O)CCCCCCCCC(C)CC)OC(=O)CCCCCCCCCCC(C)C)OC(=O)CCCCCCCCCCCCCCCCCCCCC(C)C. The number of phosphoric ester groups is 2. The summed E-state index contributed by atoms with van der Waals surface area (Å²) in [4.78, 5) is 72.8. The summed E-state index contributed by atoms with van der Waals surface area (Å²) in [7, 11) is -9.91. The highest BCUT2D eigenvalue weighted by molar-refractivity contribution is 7.47. The van der Waals surface area contributed by atoms with E-state index in [9.17, 15) is 43.2 Å². The van der Waals surface area contributed by atoms with Gasteiger partial charge in [0.25, 0.3) is 0 Å². The summed E-state index contributed by atoms with van der Waals surface area (Å²) in [5, 5.41) is 10.6. The molecule has 0 saturated heterocycles. The number of hydrogen-bond acceptors (Lipinski definition) is 15. The van der Waals surface area contributed by atoms with Gasteiger partial charge in [-0.25, -0.2) is 9.13 Å². The largest absolute Gasteiger partial charge is 0.472 e. The Balaban J connectivity index is 5.22. The van der Waals surface area contributed by atoms with Gasteiger partial charge in [0.15, 0.2) is 12.2 Å². The van der Waals surface area contributed by atoms with Gasteiger partial charge in [-0.1, -0.05) is 338 Å². The molecule has 0 fully saturated rings. The van der Waals surface area contributed by atoms with Crippen molar-refractivity contribution in [1.29, 1.82) is 0 Å². The fraction of sp³-hybridized carbons (Fsp3) is 0.948. The maximum atomic E-state index is 13.1. The van der Waals surface area contributed by atoms with E-state index >= 15 is 0 Å². The first-order valence-corrected chi connectivity index (χ1v) is 42.8. The molecule has 7 atom stereocenters. The van der Waals surface area contributed by atoms with Crippen LogP contribution in [-0.4, -0.2) is 96.7 Å². The highest BCUT2D eigenvalue weighted by Crippen LogP contribution is 2.45. The van der Waals surface area contributed by atoms with Crippen molar-refractivity contribution < 1.29 is 80.2 Å². The number of aliphatic hydroxyl groups is 1. The molecule has 3 N–H and O–H groups in total. The molecule has 0 aliphatic heterocycles. The molecular formula is C77H150O17P2. The van der Waals surface area contributed by atoms with Gasteiger partial charge in [-0.2, -0.15) is 0 Å². The van der Waals surface area contributed by atoms with Crippen LogP contribution in [-0.2, 0) is 65.4 Å². The lowest BCUT2D eigenvalue weighted by atomic mass is 9.99. The lowest BCUT2D eigenvalue weighted by Gasteiger charge is -2.21. The van der Waals surface area contributed by atoms with Crippen LogP contribution in [0.4, 0.5) is 0 Å². The maximum absolute atomic E-state index is 13.1. The lowest BCUT2D eigenvalue weighted by molar-refractivity contribution is -0.161. The van der Waals surface area contributed by atoms with Gasteiger partial charge in [0.1, 0.15) is 19.3 Å². The second-order valence-electron chi connectivity index (χ2n) is 29.2. The Bertz CT molecular complexity index is 1890. The second kappa shape index (κ2) is 66.3. The molecule has 0 radical (unpaired) electrons. The average molecular weight is 1410 g/mol. The molecule has 0 aromatic rings. The van der Waals surface area contributed by atoms with E-state index in [0.717, 1.165) is 120 Å². The van der Waals surface area contributed by atoms with Crippen molar-refractivity contribution >= 4 is 39.5 Å². The standard InChI is InChI=1S/C77H150O17P2/c1-9-69(7)55-47-39-31-24-21-22-25-32-41-49-57-74(79)87-63-72(93-76(81)59-51-43-33-26-20-18-16-14-12-11-13-15-17-19-23-29-37-45-53-67(3)4)65-91-95(83,84)89-61-71(78)62-90-96(85,86)92-66-73(64-88-75(80)58-50-42-36-35-40-48-56-70(8)10-2)94-77(82)60-52-44-34-28-27-30-38-46-54-68(5)6/h67-73,78H,9-66H2,1-8H3,(H,83,84)(H,85,86)/t69?,70?,71-,72-,73-/m1/s1. The molecule has 0 rings (SSSR count). The number of aliphatic hydroxyl groups excluding tert-OH is 1. The number of esters is 4. The predicted octanol–water partition coefficient (Wildman–Crippen LogP) is 22.4. The van der Waals surface area contributed by atoms with Crippen LogP contribution in [0.1, 0.15) is 389 Å². The molecule has 0 spiro atoms. The summed E-state index contributed by atoms with van der Waals surface area (Å²) < 4.78 is 68.5. The third kappa shape index (κ3) is 67.9. The van der Waals surface area contributed by atoms with E-state index in [4.69, 9.17) is 37.0 Å². The molecule has 0 amide bonds. The molecule has 17 nitrogen and oxygen atoms in total. The van der Waals surface area contributed by atoms with Crippen molar-refractivity contribution in [2.45, 2.75) is 408 Å². The van der Waals surface area contributed by atoms with Gasteiger partial charge in [-0.05, 0) is 49.4 Å².